The van der Waals surface area contributed by atoms with Crippen molar-refractivity contribution in [1.82, 2.24) is 0 Å². The molecule has 0 amide bonds. The summed E-state index contributed by atoms with van der Waals surface area (Å²) < 4.78 is 22.1. The van der Waals surface area contributed by atoms with E-state index in [1.807, 2.05) is 61.5 Å². The molecule has 0 heterocycles. The van der Waals surface area contributed by atoms with E-state index in [1.165, 1.54) is 7.11 Å². The third-order valence-corrected chi connectivity index (χ3v) is 4.42. The van der Waals surface area contributed by atoms with Crippen molar-refractivity contribution in [3.8, 4) is 28.4 Å². The van der Waals surface area contributed by atoms with Gasteiger partial charge < -0.3 is 18.9 Å². The molecule has 0 saturated heterocycles. The zero-order valence-corrected chi connectivity index (χ0v) is 16.8. The standard InChI is InChI=1S/C24H24O5/c1-4-28-21-15-14-20(24(25)27-3)22(23(21)26-2)18-10-12-19(13-11-18)29-16-17-8-6-5-7-9-17/h5-15H,4,16H2,1-3H3. The molecule has 0 aliphatic carbocycles. The average Bonchev–Trinajstić information content (AvgIpc) is 2.78. The lowest BCUT2D eigenvalue weighted by molar-refractivity contribution is 0.0601. The molecule has 0 radical (unpaired) electrons. The Morgan fingerprint density at radius 2 is 1.59 bits per heavy atom. The van der Waals surface area contributed by atoms with E-state index < -0.39 is 5.97 Å². The summed E-state index contributed by atoms with van der Waals surface area (Å²) in [5, 5.41) is 0. The van der Waals surface area contributed by atoms with Gasteiger partial charge in [-0.25, -0.2) is 4.79 Å². The molecule has 0 saturated carbocycles. The van der Waals surface area contributed by atoms with E-state index >= 15 is 0 Å². The second-order valence-electron chi connectivity index (χ2n) is 6.24. The minimum atomic E-state index is -0.439. The van der Waals surface area contributed by atoms with Crippen molar-refractivity contribution in [3.05, 3.63) is 77.9 Å². The van der Waals surface area contributed by atoms with Crippen LogP contribution in [-0.4, -0.2) is 26.8 Å². The Bertz CT molecular complexity index is 949. The molecule has 3 rings (SSSR count). The fraction of sp³-hybridized carbons (Fsp3) is 0.208. The molecular weight excluding hydrogens is 368 g/mol. The molecule has 0 aliphatic rings. The van der Waals surface area contributed by atoms with Gasteiger partial charge in [-0.15, -0.1) is 0 Å². The average molecular weight is 392 g/mol. The van der Waals surface area contributed by atoms with Crippen molar-refractivity contribution in [2.45, 2.75) is 13.5 Å². The molecule has 5 heteroatoms. The maximum atomic E-state index is 12.3. The van der Waals surface area contributed by atoms with E-state index in [-0.39, 0.29) is 0 Å². The number of benzene rings is 3. The summed E-state index contributed by atoms with van der Waals surface area (Å²) in [5.74, 6) is 1.36. The van der Waals surface area contributed by atoms with Crippen LogP contribution in [-0.2, 0) is 11.3 Å². The Balaban J connectivity index is 1.93. The largest absolute Gasteiger partial charge is 0.492 e. The third kappa shape index (κ3) is 4.69. The lowest BCUT2D eigenvalue weighted by Crippen LogP contribution is -2.06. The lowest BCUT2D eigenvalue weighted by Gasteiger charge is -2.17. The van der Waals surface area contributed by atoms with Gasteiger partial charge in [0, 0.05) is 5.56 Å². The maximum Gasteiger partial charge on any atom is 0.338 e. The van der Waals surface area contributed by atoms with Crippen LogP contribution in [0.1, 0.15) is 22.8 Å². The Morgan fingerprint density at radius 3 is 2.21 bits per heavy atom. The second-order valence-corrected chi connectivity index (χ2v) is 6.24. The highest BCUT2D eigenvalue weighted by molar-refractivity contribution is 6.00. The molecule has 5 nitrogen and oxygen atoms in total. The van der Waals surface area contributed by atoms with Crippen LogP contribution in [0.2, 0.25) is 0 Å². The topological polar surface area (TPSA) is 54.0 Å². The number of hydrogen-bond donors (Lipinski definition) is 0. The van der Waals surface area contributed by atoms with E-state index in [2.05, 4.69) is 0 Å². The Labute approximate surface area is 170 Å². The summed E-state index contributed by atoms with van der Waals surface area (Å²) in [5.41, 5.74) is 2.93. The number of carbonyl (C=O) groups excluding carboxylic acids is 1. The molecule has 0 aromatic heterocycles. The van der Waals surface area contributed by atoms with Crippen molar-refractivity contribution < 1.29 is 23.7 Å². The fourth-order valence-corrected chi connectivity index (χ4v) is 3.06. The van der Waals surface area contributed by atoms with Crippen molar-refractivity contribution in [3.63, 3.8) is 0 Å². The van der Waals surface area contributed by atoms with Crippen LogP contribution in [0.5, 0.6) is 17.2 Å². The van der Waals surface area contributed by atoms with Crippen molar-refractivity contribution in [2.75, 3.05) is 20.8 Å². The minimum absolute atomic E-state index is 0.408. The molecule has 0 bridgehead atoms. The van der Waals surface area contributed by atoms with Crippen LogP contribution in [0.25, 0.3) is 11.1 Å². The molecule has 29 heavy (non-hydrogen) atoms. The molecule has 150 valence electrons. The van der Waals surface area contributed by atoms with Gasteiger partial charge >= 0.3 is 5.97 Å². The zero-order chi connectivity index (χ0) is 20.6. The van der Waals surface area contributed by atoms with E-state index in [0.29, 0.717) is 35.8 Å². The molecule has 0 aliphatic heterocycles. The first-order valence-electron chi connectivity index (χ1n) is 9.37. The monoisotopic (exact) mass is 392 g/mol. The third-order valence-electron chi connectivity index (χ3n) is 4.42. The van der Waals surface area contributed by atoms with Gasteiger partial charge in [-0.3, -0.25) is 0 Å². The SMILES string of the molecule is CCOc1ccc(C(=O)OC)c(-c2ccc(OCc3ccccc3)cc2)c1OC. The van der Waals surface area contributed by atoms with Crippen molar-refractivity contribution in [2.24, 2.45) is 0 Å². The van der Waals surface area contributed by atoms with Gasteiger partial charge in [-0.05, 0) is 42.3 Å². The highest BCUT2D eigenvalue weighted by Crippen LogP contribution is 2.41. The molecule has 3 aromatic carbocycles. The summed E-state index contributed by atoms with van der Waals surface area (Å²) in [6.45, 7) is 2.86. The quantitative estimate of drug-likeness (QED) is 0.498. The summed E-state index contributed by atoms with van der Waals surface area (Å²) >= 11 is 0. The summed E-state index contributed by atoms with van der Waals surface area (Å²) in [6.07, 6.45) is 0. The predicted molar refractivity (Wildman–Crippen MR) is 112 cm³/mol. The highest BCUT2D eigenvalue weighted by atomic mass is 16.5. The van der Waals surface area contributed by atoms with Gasteiger partial charge in [0.05, 0.1) is 26.4 Å². The van der Waals surface area contributed by atoms with Gasteiger partial charge in [0.2, 0.25) is 0 Å². The number of esters is 1. The van der Waals surface area contributed by atoms with Crippen LogP contribution in [0.3, 0.4) is 0 Å². The summed E-state index contributed by atoms with van der Waals surface area (Å²) in [4.78, 5) is 12.3. The van der Waals surface area contributed by atoms with Crippen LogP contribution >= 0.6 is 0 Å². The number of carbonyl (C=O) groups is 1. The van der Waals surface area contributed by atoms with Crippen LogP contribution in [0.15, 0.2) is 66.7 Å². The first-order chi connectivity index (χ1) is 14.2. The van der Waals surface area contributed by atoms with Gasteiger partial charge in [0.25, 0.3) is 0 Å². The molecule has 0 N–H and O–H groups in total. The van der Waals surface area contributed by atoms with E-state index in [1.54, 1.807) is 19.2 Å². The number of hydrogen-bond acceptors (Lipinski definition) is 5. The summed E-state index contributed by atoms with van der Waals surface area (Å²) in [6, 6.07) is 20.9. The van der Waals surface area contributed by atoms with Crippen LogP contribution < -0.4 is 14.2 Å². The molecule has 0 spiro atoms. The predicted octanol–water partition coefficient (Wildman–Crippen LogP) is 5.13. The first kappa shape index (κ1) is 20.3. The molecule has 0 atom stereocenters. The van der Waals surface area contributed by atoms with Gasteiger partial charge in [-0.2, -0.15) is 0 Å². The van der Waals surface area contributed by atoms with Crippen LogP contribution in [0, 0.1) is 0 Å². The fourth-order valence-electron chi connectivity index (χ4n) is 3.06. The van der Waals surface area contributed by atoms with Crippen molar-refractivity contribution >= 4 is 5.97 Å². The van der Waals surface area contributed by atoms with E-state index in [0.717, 1.165) is 16.9 Å². The van der Waals surface area contributed by atoms with Crippen LogP contribution in [0.4, 0.5) is 0 Å². The maximum absolute atomic E-state index is 12.3. The smallest absolute Gasteiger partial charge is 0.338 e. The first-order valence-corrected chi connectivity index (χ1v) is 9.37. The summed E-state index contributed by atoms with van der Waals surface area (Å²) in [7, 11) is 2.91. The minimum Gasteiger partial charge on any atom is -0.492 e. The number of ether oxygens (including phenoxy) is 4. The Morgan fingerprint density at radius 1 is 0.862 bits per heavy atom. The normalized spacial score (nSPS) is 10.3. The number of rotatable bonds is 8. The van der Waals surface area contributed by atoms with Gasteiger partial charge in [-0.1, -0.05) is 42.5 Å². The molecule has 0 unspecified atom stereocenters. The molecule has 0 fully saturated rings. The Kier molecular flexibility index (Phi) is 6.74. The highest BCUT2D eigenvalue weighted by Gasteiger charge is 2.22. The van der Waals surface area contributed by atoms with E-state index in [9.17, 15) is 4.79 Å². The lowest BCUT2D eigenvalue weighted by atomic mass is 9.97. The van der Waals surface area contributed by atoms with Gasteiger partial charge in [0.1, 0.15) is 12.4 Å². The zero-order valence-electron chi connectivity index (χ0n) is 16.8. The second kappa shape index (κ2) is 9.64. The van der Waals surface area contributed by atoms with Crippen molar-refractivity contribution in [1.29, 1.82) is 0 Å². The number of methoxy groups -OCH3 is 2. The van der Waals surface area contributed by atoms with Gasteiger partial charge in [0.15, 0.2) is 11.5 Å². The Hall–Kier alpha value is -3.47. The van der Waals surface area contributed by atoms with E-state index in [4.69, 9.17) is 18.9 Å². The molecular formula is C24H24O5. The molecule has 3 aromatic rings.